The standard InChI is InChI=1S/C18H17N3OS/c1-13-8-6-7-11-16(13)21-12-19-20-18(21)23-14(2)17(22)15-9-4-3-5-10-15/h3-12,14H,1-2H3. The van der Waals surface area contributed by atoms with Crippen molar-refractivity contribution in [1.29, 1.82) is 0 Å². The highest BCUT2D eigenvalue weighted by atomic mass is 32.2. The number of nitrogens with zero attached hydrogens (tertiary/aromatic N) is 3. The van der Waals surface area contributed by atoms with Crippen LogP contribution in [-0.2, 0) is 0 Å². The number of Topliss-reactive ketones (excluding diaryl/α,β-unsaturated/α-hetero) is 1. The van der Waals surface area contributed by atoms with Crippen molar-refractivity contribution in [2.24, 2.45) is 0 Å². The van der Waals surface area contributed by atoms with E-state index in [1.54, 1.807) is 6.33 Å². The van der Waals surface area contributed by atoms with Gasteiger partial charge in [0.15, 0.2) is 10.9 Å². The smallest absolute Gasteiger partial charge is 0.196 e. The molecule has 5 heteroatoms. The number of carbonyl (C=O) groups is 1. The average molecular weight is 323 g/mol. The van der Waals surface area contributed by atoms with Gasteiger partial charge in [0.05, 0.1) is 10.9 Å². The molecule has 23 heavy (non-hydrogen) atoms. The van der Waals surface area contributed by atoms with Crippen LogP contribution in [0.5, 0.6) is 0 Å². The summed E-state index contributed by atoms with van der Waals surface area (Å²) < 4.78 is 1.93. The lowest BCUT2D eigenvalue weighted by molar-refractivity contribution is 0.0994. The van der Waals surface area contributed by atoms with Crippen LogP contribution in [0.4, 0.5) is 0 Å². The van der Waals surface area contributed by atoms with Crippen molar-refractivity contribution in [3.63, 3.8) is 0 Å². The van der Waals surface area contributed by atoms with Crippen molar-refractivity contribution in [3.05, 3.63) is 72.1 Å². The summed E-state index contributed by atoms with van der Waals surface area (Å²) in [6.45, 7) is 3.94. The summed E-state index contributed by atoms with van der Waals surface area (Å²) in [6, 6.07) is 17.4. The Hall–Kier alpha value is -2.40. The summed E-state index contributed by atoms with van der Waals surface area (Å²) in [7, 11) is 0. The highest BCUT2D eigenvalue weighted by Gasteiger charge is 2.19. The predicted octanol–water partition coefficient (Wildman–Crippen LogP) is 3.94. The molecule has 1 unspecified atom stereocenters. The van der Waals surface area contributed by atoms with E-state index in [1.165, 1.54) is 11.8 Å². The first-order valence-electron chi connectivity index (χ1n) is 7.39. The van der Waals surface area contributed by atoms with Crippen molar-refractivity contribution in [2.45, 2.75) is 24.3 Å². The Morgan fingerprint density at radius 2 is 1.78 bits per heavy atom. The Kier molecular flexibility index (Phi) is 4.57. The number of rotatable bonds is 5. The first kappa shape index (κ1) is 15.5. The summed E-state index contributed by atoms with van der Waals surface area (Å²) in [5.41, 5.74) is 2.88. The molecule has 1 heterocycles. The minimum absolute atomic E-state index is 0.0925. The van der Waals surface area contributed by atoms with E-state index in [-0.39, 0.29) is 11.0 Å². The second-order valence-corrected chi connectivity index (χ2v) is 6.57. The third kappa shape index (κ3) is 3.35. The Morgan fingerprint density at radius 3 is 2.52 bits per heavy atom. The van der Waals surface area contributed by atoms with E-state index in [2.05, 4.69) is 10.2 Å². The van der Waals surface area contributed by atoms with E-state index in [9.17, 15) is 4.79 Å². The van der Waals surface area contributed by atoms with Gasteiger partial charge in [0, 0.05) is 5.56 Å². The molecule has 0 amide bonds. The number of aromatic nitrogens is 3. The van der Waals surface area contributed by atoms with E-state index in [0.717, 1.165) is 22.0 Å². The van der Waals surface area contributed by atoms with Crippen LogP contribution >= 0.6 is 11.8 Å². The first-order valence-corrected chi connectivity index (χ1v) is 8.26. The van der Waals surface area contributed by atoms with E-state index < -0.39 is 0 Å². The van der Waals surface area contributed by atoms with Crippen LogP contribution in [0.1, 0.15) is 22.8 Å². The summed E-state index contributed by atoms with van der Waals surface area (Å²) in [4.78, 5) is 12.5. The van der Waals surface area contributed by atoms with Gasteiger partial charge in [0.1, 0.15) is 6.33 Å². The zero-order chi connectivity index (χ0) is 16.2. The van der Waals surface area contributed by atoms with Crippen LogP contribution in [0.15, 0.2) is 66.1 Å². The van der Waals surface area contributed by atoms with Gasteiger partial charge in [-0.15, -0.1) is 10.2 Å². The number of ketones is 1. The molecule has 2 aromatic carbocycles. The number of hydrogen-bond donors (Lipinski definition) is 0. The molecule has 0 fully saturated rings. The minimum atomic E-state index is -0.232. The fourth-order valence-corrected chi connectivity index (χ4v) is 3.27. The largest absolute Gasteiger partial charge is 0.293 e. The van der Waals surface area contributed by atoms with Gasteiger partial charge in [-0.25, -0.2) is 0 Å². The lowest BCUT2D eigenvalue weighted by Crippen LogP contribution is -2.14. The molecule has 4 nitrogen and oxygen atoms in total. The maximum atomic E-state index is 12.5. The van der Waals surface area contributed by atoms with E-state index >= 15 is 0 Å². The zero-order valence-electron chi connectivity index (χ0n) is 13.0. The van der Waals surface area contributed by atoms with Crippen LogP contribution in [0, 0.1) is 6.92 Å². The lowest BCUT2D eigenvalue weighted by atomic mass is 10.1. The summed E-state index contributed by atoms with van der Waals surface area (Å²) in [5.74, 6) is 0.0925. The zero-order valence-corrected chi connectivity index (χ0v) is 13.8. The number of para-hydroxylation sites is 1. The molecule has 0 saturated carbocycles. The monoisotopic (exact) mass is 323 g/mol. The fourth-order valence-electron chi connectivity index (χ4n) is 2.35. The lowest BCUT2D eigenvalue weighted by Gasteiger charge is -2.12. The number of thioether (sulfide) groups is 1. The highest BCUT2D eigenvalue weighted by Crippen LogP contribution is 2.27. The van der Waals surface area contributed by atoms with Gasteiger partial charge in [-0.3, -0.25) is 9.36 Å². The van der Waals surface area contributed by atoms with Crippen molar-refractivity contribution in [1.82, 2.24) is 14.8 Å². The molecule has 0 radical (unpaired) electrons. The molecule has 0 spiro atoms. The van der Waals surface area contributed by atoms with E-state index in [4.69, 9.17) is 0 Å². The molecule has 3 rings (SSSR count). The van der Waals surface area contributed by atoms with Gasteiger partial charge < -0.3 is 0 Å². The molecule has 3 aromatic rings. The van der Waals surface area contributed by atoms with Crippen LogP contribution in [0.25, 0.3) is 5.69 Å². The molecule has 116 valence electrons. The molecule has 0 bridgehead atoms. The van der Waals surface area contributed by atoms with Crippen molar-refractivity contribution < 1.29 is 4.79 Å². The Balaban J connectivity index is 1.83. The number of benzene rings is 2. The molecular formula is C18H17N3OS. The number of aryl methyl sites for hydroxylation is 1. The fraction of sp³-hybridized carbons (Fsp3) is 0.167. The molecule has 1 atom stereocenters. The van der Waals surface area contributed by atoms with Crippen molar-refractivity contribution >= 4 is 17.5 Å². The van der Waals surface area contributed by atoms with Crippen molar-refractivity contribution in [2.75, 3.05) is 0 Å². The molecule has 1 aromatic heterocycles. The maximum Gasteiger partial charge on any atom is 0.196 e. The molecule has 0 aliphatic rings. The Morgan fingerprint density at radius 1 is 1.09 bits per heavy atom. The third-order valence-corrected chi connectivity index (χ3v) is 4.66. The van der Waals surface area contributed by atoms with Gasteiger partial charge in [-0.2, -0.15) is 0 Å². The molecule has 0 aliphatic heterocycles. The number of hydrogen-bond acceptors (Lipinski definition) is 4. The predicted molar refractivity (Wildman–Crippen MR) is 92.2 cm³/mol. The van der Waals surface area contributed by atoms with Gasteiger partial charge in [0.2, 0.25) is 0 Å². The van der Waals surface area contributed by atoms with Crippen LogP contribution in [-0.4, -0.2) is 25.8 Å². The number of carbonyl (C=O) groups excluding carboxylic acids is 1. The van der Waals surface area contributed by atoms with Gasteiger partial charge >= 0.3 is 0 Å². The van der Waals surface area contributed by atoms with Gasteiger partial charge in [-0.1, -0.05) is 60.3 Å². The van der Waals surface area contributed by atoms with Gasteiger partial charge in [-0.05, 0) is 25.5 Å². The molecule has 0 aliphatic carbocycles. The normalized spacial score (nSPS) is 12.1. The van der Waals surface area contributed by atoms with E-state index in [1.807, 2.05) is 73.0 Å². The molecular weight excluding hydrogens is 306 g/mol. The summed E-state index contributed by atoms with van der Waals surface area (Å²) in [5, 5.41) is 8.67. The van der Waals surface area contributed by atoms with Crippen LogP contribution < -0.4 is 0 Å². The minimum Gasteiger partial charge on any atom is -0.293 e. The summed E-state index contributed by atoms with van der Waals surface area (Å²) >= 11 is 1.42. The molecule has 0 N–H and O–H groups in total. The van der Waals surface area contributed by atoms with Gasteiger partial charge in [0.25, 0.3) is 0 Å². The highest BCUT2D eigenvalue weighted by molar-refractivity contribution is 8.00. The Bertz CT molecular complexity index is 814. The summed E-state index contributed by atoms with van der Waals surface area (Å²) in [6.07, 6.45) is 1.68. The topological polar surface area (TPSA) is 47.8 Å². The average Bonchev–Trinajstić information content (AvgIpc) is 3.03. The van der Waals surface area contributed by atoms with E-state index in [0.29, 0.717) is 0 Å². The Labute approximate surface area is 139 Å². The van der Waals surface area contributed by atoms with Crippen LogP contribution in [0.3, 0.4) is 0 Å². The SMILES string of the molecule is Cc1ccccc1-n1cnnc1SC(C)C(=O)c1ccccc1. The van der Waals surface area contributed by atoms with Crippen molar-refractivity contribution in [3.8, 4) is 5.69 Å². The first-order chi connectivity index (χ1) is 11.2. The quantitative estimate of drug-likeness (QED) is 0.527. The third-order valence-electron chi connectivity index (χ3n) is 3.60. The molecule has 0 saturated heterocycles. The second-order valence-electron chi connectivity index (χ2n) is 5.26. The second kappa shape index (κ2) is 6.79. The van der Waals surface area contributed by atoms with Crippen LogP contribution in [0.2, 0.25) is 0 Å². The maximum absolute atomic E-state index is 12.5.